The Hall–Kier alpha value is -1.85. The third-order valence-corrected chi connectivity index (χ3v) is 4.13. The molecular weight excluding hydrogens is 314 g/mol. The fourth-order valence-electron chi connectivity index (χ4n) is 2.83. The maximum absolute atomic E-state index is 12.4. The molecule has 2 aromatic rings. The van der Waals surface area contributed by atoms with Gasteiger partial charge >= 0.3 is 0 Å². The van der Waals surface area contributed by atoms with Gasteiger partial charge in [0.15, 0.2) is 0 Å². The second-order valence-electron chi connectivity index (χ2n) is 5.88. The number of halogens is 1. The van der Waals surface area contributed by atoms with E-state index in [9.17, 15) is 4.79 Å². The van der Waals surface area contributed by atoms with E-state index in [-0.39, 0.29) is 30.4 Å². The number of aromatic nitrogens is 1. The van der Waals surface area contributed by atoms with Crippen LogP contribution in [0.4, 0.5) is 0 Å². The van der Waals surface area contributed by atoms with Crippen LogP contribution in [-0.4, -0.2) is 23.0 Å². The number of aryl methyl sites for hydroxylation is 1. The van der Waals surface area contributed by atoms with Gasteiger partial charge in [0.1, 0.15) is 0 Å². The summed E-state index contributed by atoms with van der Waals surface area (Å²) in [5.41, 5.74) is 7.37. The van der Waals surface area contributed by atoms with Gasteiger partial charge in [-0.1, -0.05) is 18.2 Å². The Labute approximate surface area is 142 Å². The average Bonchev–Trinajstić information content (AvgIpc) is 2.92. The molecule has 1 amide bonds. The molecular formula is C17H22ClN3O2. The summed E-state index contributed by atoms with van der Waals surface area (Å²) in [5.74, 6) is 0.593. The summed E-state index contributed by atoms with van der Waals surface area (Å²) in [5, 5.41) is 3.03. The molecule has 1 aromatic heterocycles. The molecule has 0 saturated heterocycles. The van der Waals surface area contributed by atoms with E-state index in [2.05, 4.69) is 10.3 Å². The highest BCUT2D eigenvalue weighted by Crippen LogP contribution is 2.22. The van der Waals surface area contributed by atoms with Gasteiger partial charge in [0.05, 0.1) is 5.69 Å². The summed E-state index contributed by atoms with van der Waals surface area (Å²) >= 11 is 0. The Balaban J connectivity index is 0.00000192. The minimum absolute atomic E-state index is 0. The Bertz CT molecular complexity index is 649. The van der Waals surface area contributed by atoms with Gasteiger partial charge in [0.25, 0.3) is 5.91 Å². The maximum atomic E-state index is 12.4. The molecule has 0 atom stereocenters. The Morgan fingerprint density at radius 3 is 2.52 bits per heavy atom. The fourth-order valence-corrected chi connectivity index (χ4v) is 2.83. The molecule has 0 aliphatic heterocycles. The first-order valence-electron chi connectivity index (χ1n) is 7.73. The van der Waals surface area contributed by atoms with Crippen molar-refractivity contribution in [2.45, 2.75) is 44.7 Å². The van der Waals surface area contributed by atoms with E-state index in [1.165, 1.54) is 0 Å². The topological polar surface area (TPSA) is 81.2 Å². The highest BCUT2D eigenvalue weighted by Gasteiger charge is 2.24. The summed E-state index contributed by atoms with van der Waals surface area (Å²) in [6.07, 6.45) is 3.75. The summed E-state index contributed by atoms with van der Waals surface area (Å²) < 4.78 is 5.68. The number of hydrogen-bond acceptors (Lipinski definition) is 4. The monoisotopic (exact) mass is 335 g/mol. The van der Waals surface area contributed by atoms with Crippen LogP contribution in [0.25, 0.3) is 11.5 Å². The van der Waals surface area contributed by atoms with Crippen molar-refractivity contribution in [1.82, 2.24) is 10.3 Å². The number of nitrogens with two attached hydrogens (primary N) is 1. The quantitative estimate of drug-likeness (QED) is 0.903. The van der Waals surface area contributed by atoms with Crippen LogP contribution in [0.5, 0.6) is 0 Å². The van der Waals surface area contributed by atoms with E-state index < -0.39 is 0 Å². The third-order valence-electron chi connectivity index (χ3n) is 4.13. The van der Waals surface area contributed by atoms with Gasteiger partial charge in [-0.05, 0) is 44.7 Å². The SMILES string of the molecule is Cc1nc(-c2ccccc2)oc1C(=O)NC1CCC(N)CC1.Cl. The summed E-state index contributed by atoms with van der Waals surface area (Å²) in [6, 6.07) is 10.0. The van der Waals surface area contributed by atoms with Crippen LogP contribution in [0.1, 0.15) is 41.9 Å². The predicted octanol–water partition coefficient (Wildman–Crippen LogP) is 3.07. The molecule has 0 unspecified atom stereocenters. The average molecular weight is 336 g/mol. The van der Waals surface area contributed by atoms with E-state index in [0.29, 0.717) is 17.3 Å². The molecule has 0 radical (unpaired) electrons. The number of benzene rings is 1. The maximum Gasteiger partial charge on any atom is 0.289 e. The zero-order valence-corrected chi connectivity index (χ0v) is 13.9. The summed E-state index contributed by atoms with van der Waals surface area (Å²) in [7, 11) is 0. The Kier molecular flexibility index (Phi) is 5.80. The number of carbonyl (C=O) groups excluding carboxylic acids is 1. The molecule has 3 N–H and O–H groups in total. The van der Waals surface area contributed by atoms with Gasteiger partial charge in [-0.2, -0.15) is 0 Å². The number of hydrogen-bond donors (Lipinski definition) is 2. The standard InChI is InChI=1S/C17H21N3O2.ClH/c1-11-15(16(21)20-14-9-7-13(18)8-10-14)22-17(19-11)12-5-3-2-4-6-12;/h2-6,13-14H,7-10,18H2,1H3,(H,20,21);1H. The molecule has 1 aromatic carbocycles. The molecule has 0 spiro atoms. The smallest absolute Gasteiger partial charge is 0.289 e. The van der Waals surface area contributed by atoms with Gasteiger partial charge in [-0.15, -0.1) is 12.4 Å². The number of carbonyl (C=O) groups is 1. The zero-order chi connectivity index (χ0) is 15.5. The van der Waals surface area contributed by atoms with Crippen molar-refractivity contribution in [2.75, 3.05) is 0 Å². The van der Waals surface area contributed by atoms with Crippen molar-refractivity contribution in [3.8, 4) is 11.5 Å². The summed E-state index contributed by atoms with van der Waals surface area (Å²) in [4.78, 5) is 16.7. The van der Waals surface area contributed by atoms with Crippen LogP contribution in [0.15, 0.2) is 34.7 Å². The lowest BCUT2D eigenvalue weighted by Gasteiger charge is -2.26. The number of rotatable bonds is 3. The number of nitrogens with zero attached hydrogens (tertiary/aromatic N) is 1. The molecule has 1 aliphatic rings. The normalized spacial score (nSPS) is 20.6. The fraction of sp³-hybridized carbons (Fsp3) is 0.412. The van der Waals surface area contributed by atoms with Gasteiger partial charge in [-0.25, -0.2) is 4.98 Å². The van der Waals surface area contributed by atoms with E-state index in [1.807, 2.05) is 30.3 Å². The van der Waals surface area contributed by atoms with Crippen molar-refractivity contribution in [2.24, 2.45) is 5.73 Å². The van der Waals surface area contributed by atoms with Gasteiger partial charge in [0, 0.05) is 17.6 Å². The van der Waals surface area contributed by atoms with Crippen molar-refractivity contribution < 1.29 is 9.21 Å². The molecule has 5 nitrogen and oxygen atoms in total. The predicted molar refractivity (Wildman–Crippen MR) is 91.6 cm³/mol. The van der Waals surface area contributed by atoms with Crippen LogP contribution in [0.2, 0.25) is 0 Å². The van der Waals surface area contributed by atoms with Gasteiger partial charge < -0.3 is 15.5 Å². The third kappa shape index (κ3) is 4.12. The molecule has 3 rings (SSSR count). The van der Waals surface area contributed by atoms with Crippen LogP contribution >= 0.6 is 12.4 Å². The molecule has 1 heterocycles. The van der Waals surface area contributed by atoms with Gasteiger partial charge in [0.2, 0.25) is 11.7 Å². The first-order chi connectivity index (χ1) is 10.6. The Morgan fingerprint density at radius 1 is 1.22 bits per heavy atom. The Morgan fingerprint density at radius 2 is 1.87 bits per heavy atom. The van der Waals surface area contributed by atoms with Crippen LogP contribution in [0, 0.1) is 6.92 Å². The first kappa shape index (κ1) is 17.5. The van der Waals surface area contributed by atoms with Gasteiger partial charge in [-0.3, -0.25) is 4.79 Å². The second-order valence-corrected chi connectivity index (χ2v) is 5.88. The van der Waals surface area contributed by atoms with Crippen molar-refractivity contribution >= 4 is 18.3 Å². The number of oxazole rings is 1. The van der Waals surface area contributed by atoms with Crippen LogP contribution < -0.4 is 11.1 Å². The first-order valence-corrected chi connectivity index (χ1v) is 7.73. The van der Waals surface area contributed by atoms with E-state index in [4.69, 9.17) is 10.2 Å². The lowest BCUT2D eigenvalue weighted by Crippen LogP contribution is -2.40. The number of amides is 1. The minimum Gasteiger partial charge on any atom is -0.431 e. The van der Waals surface area contributed by atoms with Crippen LogP contribution in [-0.2, 0) is 0 Å². The van der Waals surface area contributed by atoms with Crippen molar-refractivity contribution in [3.05, 3.63) is 41.8 Å². The second kappa shape index (κ2) is 7.62. The molecule has 0 bridgehead atoms. The minimum atomic E-state index is -0.187. The van der Waals surface area contributed by atoms with E-state index in [1.54, 1.807) is 6.92 Å². The molecule has 1 fully saturated rings. The lowest BCUT2D eigenvalue weighted by atomic mass is 9.92. The van der Waals surface area contributed by atoms with Crippen molar-refractivity contribution in [1.29, 1.82) is 0 Å². The molecule has 1 saturated carbocycles. The summed E-state index contributed by atoms with van der Waals surface area (Å²) in [6.45, 7) is 1.79. The van der Waals surface area contributed by atoms with Crippen LogP contribution in [0.3, 0.4) is 0 Å². The largest absolute Gasteiger partial charge is 0.431 e. The number of nitrogens with one attached hydrogen (secondary N) is 1. The molecule has 6 heteroatoms. The molecule has 124 valence electrons. The van der Waals surface area contributed by atoms with Crippen molar-refractivity contribution in [3.63, 3.8) is 0 Å². The zero-order valence-electron chi connectivity index (χ0n) is 13.1. The molecule has 23 heavy (non-hydrogen) atoms. The lowest BCUT2D eigenvalue weighted by molar-refractivity contribution is 0.0897. The highest BCUT2D eigenvalue weighted by molar-refractivity contribution is 5.93. The van der Waals surface area contributed by atoms with E-state index >= 15 is 0 Å². The van der Waals surface area contributed by atoms with E-state index in [0.717, 1.165) is 31.2 Å². The molecule has 1 aliphatic carbocycles. The highest BCUT2D eigenvalue weighted by atomic mass is 35.5.